The topological polar surface area (TPSA) is 67.6 Å². The number of hydrogen-bond acceptors (Lipinski definition) is 4. The van der Waals surface area contributed by atoms with Crippen molar-refractivity contribution in [2.24, 2.45) is 16.5 Å². The third-order valence-electron chi connectivity index (χ3n) is 3.12. The van der Waals surface area contributed by atoms with Gasteiger partial charge in [0.05, 0.1) is 0 Å². The number of nitrogens with two attached hydrogens (primary N) is 2. The van der Waals surface area contributed by atoms with Gasteiger partial charge < -0.3 is 5.73 Å². The molecule has 0 amide bonds. The minimum absolute atomic E-state index is 0.433. The highest BCUT2D eigenvalue weighted by Crippen LogP contribution is 2.26. The fourth-order valence-corrected chi connectivity index (χ4v) is 2.61. The number of hydrogen-bond donors (Lipinski definition) is 2. The number of allylic oxidation sites excluding steroid dienone is 1. The molecule has 0 saturated heterocycles. The summed E-state index contributed by atoms with van der Waals surface area (Å²) in [4.78, 5) is 6.08. The van der Waals surface area contributed by atoms with Crippen molar-refractivity contribution >= 4 is 31.8 Å². The highest BCUT2D eigenvalue weighted by Gasteiger charge is 2.24. The first-order chi connectivity index (χ1) is 9.90. The van der Waals surface area contributed by atoms with E-state index in [0.29, 0.717) is 10.9 Å². The van der Waals surface area contributed by atoms with Crippen molar-refractivity contribution in [2.45, 2.75) is 26.3 Å². The molecule has 0 aliphatic carbocycles. The summed E-state index contributed by atoms with van der Waals surface area (Å²) in [6.45, 7) is 6.29. The van der Waals surface area contributed by atoms with E-state index in [0.717, 1.165) is 16.8 Å². The molecule has 0 fully saturated rings. The third kappa shape index (κ3) is 3.48. The highest BCUT2D eigenvalue weighted by atomic mass is 35.5. The summed E-state index contributed by atoms with van der Waals surface area (Å²) >= 11 is 5.93. The SMILES string of the molecule is CC1=C(c2ccc(Cl)cc2)C(N)=NC(N)N1C#C[SiH](C)C. The van der Waals surface area contributed by atoms with Gasteiger partial charge in [-0.1, -0.05) is 36.8 Å². The highest BCUT2D eigenvalue weighted by molar-refractivity contribution is 6.64. The standard InChI is InChI=1S/C15H19ClN4Si/c1-10-13(11-4-6-12(16)7-5-11)14(17)19-15(18)20(10)8-9-21(2)3/h4-7,15,21H,18H2,1-3H3,(H2,17,19). The minimum atomic E-state index is -0.991. The van der Waals surface area contributed by atoms with Gasteiger partial charge in [-0.3, -0.25) is 10.6 Å². The van der Waals surface area contributed by atoms with Gasteiger partial charge in [0.2, 0.25) is 0 Å². The lowest BCUT2D eigenvalue weighted by Gasteiger charge is -2.30. The van der Waals surface area contributed by atoms with Gasteiger partial charge in [0, 0.05) is 22.3 Å². The molecule has 1 heterocycles. The molecule has 110 valence electrons. The molecule has 4 nitrogen and oxygen atoms in total. The maximum Gasteiger partial charge on any atom is 0.186 e. The first kappa shape index (κ1) is 15.6. The van der Waals surface area contributed by atoms with Crippen molar-refractivity contribution in [1.29, 1.82) is 0 Å². The molecule has 1 aliphatic heterocycles. The molecule has 0 bridgehead atoms. The lowest BCUT2D eigenvalue weighted by molar-refractivity contribution is 0.374. The zero-order chi connectivity index (χ0) is 15.6. The van der Waals surface area contributed by atoms with Crippen molar-refractivity contribution in [3.63, 3.8) is 0 Å². The second-order valence-electron chi connectivity index (χ2n) is 5.18. The van der Waals surface area contributed by atoms with Crippen LogP contribution in [0.15, 0.2) is 35.0 Å². The minimum Gasteiger partial charge on any atom is -0.383 e. The van der Waals surface area contributed by atoms with E-state index in [4.69, 9.17) is 23.1 Å². The number of nitrogens with zero attached hydrogens (tertiary/aromatic N) is 2. The second-order valence-corrected chi connectivity index (χ2v) is 8.21. The Balaban J connectivity index is 2.48. The lowest BCUT2D eigenvalue weighted by atomic mass is 10.0. The molecule has 6 heteroatoms. The summed E-state index contributed by atoms with van der Waals surface area (Å²) < 4.78 is 0. The van der Waals surface area contributed by atoms with Crippen LogP contribution in [0, 0.1) is 11.6 Å². The van der Waals surface area contributed by atoms with E-state index in [2.05, 4.69) is 29.7 Å². The number of benzene rings is 1. The Kier molecular flexibility index (Phi) is 4.73. The van der Waals surface area contributed by atoms with Crippen LogP contribution in [0.1, 0.15) is 12.5 Å². The molecule has 1 aromatic rings. The van der Waals surface area contributed by atoms with Crippen LogP contribution in [0.2, 0.25) is 18.1 Å². The molecule has 0 saturated carbocycles. The molecule has 0 radical (unpaired) electrons. The van der Waals surface area contributed by atoms with Crippen LogP contribution < -0.4 is 11.5 Å². The summed E-state index contributed by atoms with van der Waals surface area (Å²) in [6.07, 6.45) is -0.554. The maximum atomic E-state index is 6.06. The zero-order valence-electron chi connectivity index (χ0n) is 12.4. The van der Waals surface area contributed by atoms with Gasteiger partial charge in [-0.05, 0) is 24.6 Å². The number of rotatable bonds is 1. The van der Waals surface area contributed by atoms with Crippen LogP contribution in [0.3, 0.4) is 0 Å². The van der Waals surface area contributed by atoms with Gasteiger partial charge >= 0.3 is 0 Å². The molecular formula is C15H19ClN4Si. The Morgan fingerprint density at radius 1 is 1.29 bits per heavy atom. The summed E-state index contributed by atoms with van der Waals surface area (Å²) in [5.74, 6) is 0.433. The smallest absolute Gasteiger partial charge is 0.186 e. The summed E-state index contributed by atoms with van der Waals surface area (Å²) in [6, 6.07) is 10.6. The van der Waals surface area contributed by atoms with Crippen LogP contribution in [-0.2, 0) is 0 Å². The Morgan fingerprint density at radius 3 is 2.48 bits per heavy atom. The van der Waals surface area contributed by atoms with Crippen LogP contribution in [-0.4, -0.2) is 25.8 Å². The summed E-state index contributed by atoms with van der Waals surface area (Å²) in [7, 11) is -0.991. The Hall–Kier alpha value is -1.74. The Labute approximate surface area is 132 Å². The maximum absolute atomic E-state index is 6.06. The van der Waals surface area contributed by atoms with E-state index in [9.17, 15) is 0 Å². The zero-order valence-corrected chi connectivity index (χ0v) is 14.3. The molecule has 21 heavy (non-hydrogen) atoms. The molecule has 2 rings (SSSR count). The van der Waals surface area contributed by atoms with Crippen LogP contribution >= 0.6 is 11.6 Å². The van der Waals surface area contributed by atoms with Gasteiger partial charge in [0.15, 0.2) is 6.29 Å². The van der Waals surface area contributed by atoms with Crippen molar-refractivity contribution in [3.05, 3.63) is 40.5 Å². The quantitative estimate of drug-likeness (QED) is 0.614. The van der Waals surface area contributed by atoms with Crippen LogP contribution in [0.25, 0.3) is 5.57 Å². The number of aliphatic imine (C=N–C) groups is 1. The van der Waals surface area contributed by atoms with Crippen molar-refractivity contribution < 1.29 is 0 Å². The largest absolute Gasteiger partial charge is 0.383 e. The average Bonchev–Trinajstić information content (AvgIpc) is 2.40. The lowest BCUT2D eigenvalue weighted by Crippen LogP contribution is -2.42. The van der Waals surface area contributed by atoms with E-state index >= 15 is 0 Å². The third-order valence-corrected chi connectivity index (χ3v) is 4.08. The first-order valence-corrected chi connectivity index (χ1v) is 10.0. The van der Waals surface area contributed by atoms with E-state index in [1.54, 1.807) is 4.90 Å². The monoisotopic (exact) mass is 318 g/mol. The Morgan fingerprint density at radius 2 is 1.90 bits per heavy atom. The van der Waals surface area contributed by atoms with Gasteiger partial charge in [-0.15, -0.1) is 5.54 Å². The van der Waals surface area contributed by atoms with Gasteiger partial charge in [0.25, 0.3) is 0 Å². The molecule has 4 N–H and O–H groups in total. The average molecular weight is 319 g/mol. The van der Waals surface area contributed by atoms with Gasteiger partial charge in [-0.25, -0.2) is 4.99 Å². The first-order valence-electron chi connectivity index (χ1n) is 6.76. The van der Waals surface area contributed by atoms with E-state index in [1.807, 2.05) is 31.2 Å². The predicted molar refractivity (Wildman–Crippen MR) is 92.1 cm³/mol. The second kappa shape index (κ2) is 6.35. The van der Waals surface area contributed by atoms with E-state index in [1.165, 1.54) is 0 Å². The fourth-order valence-electron chi connectivity index (χ4n) is 2.09. The molecule has 1 atom stereocenters. The van der Waals surface area contributed by atoms with E-state index in [-0.39, 0.29) is 0 Å². The number of halogens is 1. The predicted octanol–water partition coefficient (Wildman–Crippen LogP) is 1.97. The fraction of sp³-hybridized carbons (Fsp3) is 0.267. The number of amidine groups is 1. The molecule has 0 spiro atoms. The van der Waals surface area contributed by atoms with Gasteiger partial charge in [0.1, 0.15) is 14.6 Å². The Bertz CT molecular complexity index is 652. The van der Waals surface area contributed by atoms with Crippen LogP contribution in [0.5, 0.6) is 0 Å². The van der Waals surface area contributed by atoms with Crippen molar-refractivity contribution in [1.82, 2.24) is 4.90 Å². The molecule has 1 aromatic carbocycles. The normalized spacial score (nSPS) is 18.5. The summed E-state index contributed by atoms with van der Waals surface area (Å²) in [5.41, 5.74) is 18.1. The summed E-state index contributed by atoms with van der Waals surface area (Å²) in [5, 5.41) is 0.683. The van der Waals surface area contributed by atoms with Gasteiger partial charge in [-0.2, -0.15) is 0 Å². The van der Waals surface area contributed by atoms with E-state index < -0.39 is 15.1 Å². The molecule has 0 aromatic heterocycles. The van der Waals surface area contributed by atoms with Crippen molar-refractivity contribution in [3.8, 4) is 11.6 Å². The van der Waals surface area contributed by atoms with Crippen LogP contribution in [0.4, 0.5) is 0 Å². The van der Waals surface area contributed by atoms with Crippen molar-refractivity contribution in [2.75, 3.05) is 0 Å². The molecule has 1 unspecified atom stereocenters. The molecule has 1 aliphatic rings. The molecular weight excluding hydrogens is 300 g/mol.